The second-order valence-electron chi connectivity index (χ2n) is 4.05. The first-order valence-electron chi connectivity index (χ1n) is 6.41. The lowest BCUT2D eigenvalue weighted by atomic mass is 10.3. The quantitative estimate of drug-likeness (QED) is 0.552. The molecule has 0 aliphatic heterocycles. The Hall–Kier alpha value is -1.05. The molecular weight excluding hydrogens is 292 g/mol. The van der Waals surface area contributed by atoms with Crippen LogP contribution in [0, 0.1) is 0 Å². The van der Waals surface area contributed by atoms with E-state index in [1.54, 1.807) is 11.3 Å². The average Bonchev–Trinajstić information content (AvgIpc) is 2.84. The van der Waals surface area contributed by atoms with E-state index < -0.39 is 0 Å². The summed E-state index contributed by atoms with van der Waals surface area (Å²) in [5.74, 6) is 0.509. The molecule has 1 rings (SSSR count). The van der Waals surface area contributed by atoms with Crippen molar-refractivity contribution >= 4 is 39.4 Å². The fourth-order valence-electron chi connectivity index (χ4n) is 1.23. The molecule has 0 spiro atoms. The SMILES string of the molecule is CC=O.CCC(C)Nc1nc(/C(SCN)=C(\C)N)cs1. The van der Waals surface area contributed by atoms with E-state index in [0.29, 0.717) is 11.9 Å². The number of aromatic nitrogens is 1. The molecule has 1 atom stereocenters. The number of rotatable bonds is 6. The first-order chi connectivity index (χ1) is 9.49. The lowest BCUT2D eigenvalue weighted by Crippen LogP contribution is -2.13. The summed E-state index contributed by atoms with van der Waals surface area (Å²) in [5, 5.41) is 6.30. The van der Waals surface area contributed by atoms with Gasteiger partial charge in [-0.1, -0.05) is 6.92 Å². The third kappa shape index (κ3) is 6.93. The van der Waals surface area contributed by atoms with Crippen molar-refractivity contribution in [1.82, 2.24) is 4.98 Å². The number of nitrogens with zero attached hydrogens (tertiary/aromatic N) is 1. The van der Waals surface area contributed by atoms with E-state index in [1.807, 2.05) is 12.3 Å². The normalized spacial score (nSPS) is 12.8. The number of carbonyl (C=O) groups is 1. The Morgan fingerprint density at radius 1 is 1.65 bits per heavy atom. The van der Waals surface area contributed by atoms with E-state index in [1.165, 1.54) is 18.7 Å². The van der Waals surface area contributed by atoms with Gasteiger partial charge in [0.2, 0.25) is 0 Å². The van der Waals surface area contributed by atoms with Crippen LogP contribution in [0.2, 0.25) is 0 Å². The number of aldehydes is 1. The summed E-state index contributed by atoms with van der Waals surface area (Å²) in [6.07, 6.45) is 1.82. The van der Waals surface area contributed by atoms with Crippen LogP contribution in [0.4, 0.5) is 5.13 Å². The lowest BCUT2D eigenvalue weighted by molar-refractivity contribution is -0.106. The molecule has 1 heterocycles. The molecule has 0 bridgehead atoms. The second-order valence-corrected chi connectivity index (χ2v) is 5.94. The van der Waals surface area contributed by atoms with Crippen molar-refractivity contribution in [3.63, 3.8) is 0 Å². The molecule has 0 fully saturated rings. The maximum atomic E-state index is 8.81. The van der Waals surface area contributed by atoms with E-state index in [-0.39, 0.29) is 0 Å². The van der Waals surface area contributed by atoms with E-state index in [2.05, 4.69) is 24.1 Å². The minimum absolute atomic E-state index is 0.433. The molecule has 1 unspecified atom stereocenters. The number of nitrogens with one attached hydrogen (secondary N) is 1. The molecule has 1 aromatic heterocycles. The molecule has 0 aliphatic rings. The van der Waals surface area contributed by atoms with E-state index in [4.69, 9.17) is 16.3 Å². The Balaban J connectivity index is 0.00000110. The number of allylic oxidation sites excluding steroid dienone is 1. The van der Waals surface area contributed by atoms with Gasteiger partial charge in [-0.3, -0.25) is 0 Å². The fourth-order valence-corrected chi connectivity index (χ4v) is 2.77. The zero-order chi connectivity index (χ0) is 15.5. The van der Waals surface area contributed by atoms with Gasteiger partial charge in [0.05, 0.1) is 10.6 Å². The third-order valence-electron chi connectivity index (χ3n) is 2.30. The predicted molar refractivity (Wildman–Crippen MR) is 90.7 cm³/mol. The zero-order valence-electron chi connectivity index (χ0n) is 12.5. The van der Waals surface area contributed by atoms with Crippen LogP contribution in [0.25, 0.3) is 4.91 Å². The number of carbonyl (C=O) groups excluding carboxylic acids is 1. The zero-order valence-corrected chi connectivity index (χ0v) is 14.1. The molecule has 0 radical (unpaired) electrons. The summed E-state index contributed by atoms with van der Waals surface area (Å²) >= 11 is 3.12. The van der Waals surface area contributed by atoms with Gasteiger partial charge in [0.15, 0.2) is 5.13 Å². The molecule has 114 valence electrons. The first kappa shape index (κ1) is 18.9. The summed E-state index contributed by atoms with van der Waals surface area (Å²) in [7, 11) is 0. The standard InChI is InChI=1S/C11H20N4S2.C2H4O/c1-4-7(2)14-11-15-9(5-16-11)10(8(3)13)17-6-12;1-2-3/h5,7H,4,6,12-13H2,1-3H3,(H,14,15);2H,1H3/b10-8-;. The van der Waals surface area contributed by atoms with Crippen LogP contribution in [0.5, 0.6) is 0 Å². The monoisotopic (exact) mass is 316 g/mol. The smallest absolute Gasteiger partial charge is 0.183 e. The number of thiazole rings is 1. The highest BCUT2D eigenvalue weighted by atomic mass is 32.2. The van der Waals surface area contributed by atoms with Gasteiger partial charge in [0, 0.05) is 23.0 Å². The van der Waals surface area contributed by atoms with Crippen LogP contribution in [0.3, 0.4) is 0 Å². The number of hydrogen-bond donors (Lipinski definition) is 3. The molecule has 7 heteroatoms. The molecule has 0 aliphatic carbocycles. The highest BCUT2D eigenvalue weighted by molar-refractivity contribution is 8.08. The van der Waals surface area contributed by atoms with E-state index >= 15 is 0 Å². The maximum Gasteiger partial charge on any atom is 0.183 e. The lowest BCUT2D eigenvalue weighted by Gasteiger charge is -2.09. The summed E-state index contributed by atoms with van der Waals surface area (Å²) in [5.41, 5.74) is 13.1. The summed E-state index contributed by atoms with van der Waals surface area (Å²) in [4.78, 5) is 14.3. The van der Waals surface area contributed by atoms with Gasteiger partial charge >= 0.3 is 0 Å². The van der Waals surface area contributed by atoms with Crippen molar-refractivity contribution in [2.45, 2.75) is 40.2 Å². The third-order valence-corrected chi connectivity index (χ3v) is 4.06. The molecule has 5 nitrogen and oxygen atoms in total. The van der Waals surface area contributed by atoms with Crippen molar-refractivity contribution < 1.29 is 4.79 Å². The van der Waals surface area contributed by atoms with Gasteiger partial charge in [-0.2, -0.15) is 0 Å². The summed E-state index contributed by atoms with van der Waals surface area (Å²) in [6, 6.07) is 0.433. The maximum absolute atomic E-state index is 8.81. The highest BCUT2D eigenvalue weighted by Gasteiger charge is 2.10. The Labute approximate surface area is 129 Å². The van der Waals surface area contributed by atoms with Gasteiger partial charge in [-0.05, 0) is 27.2 Å². The predicted octanol–water partition coefficient (Wildman–Crippen LogP) is 2.86. The molecule has 20 heavy (non-hydrogen) atoms. The molecule has 0 saturated carbocycles. The van der Waals surface area contributed by atoms with Crippen LogP contribution in [-0.2, 0) is 4.79 Å². The largest absolute Gasteiger partial charge is 0.401 e. The van der Waals surface area contributed by atoms with Crippen LogP contribution >= 0.6 is 23.1 Å². The Morgan fingerprint density at radius 2 is 2.25 bits per heavy atom. The number of hydrogen-bond acceptors (Lipinski definition) is 7. The molecule has 0 aromatic carbocycles. The first-order valence-corrected chi connectivity index (χ1v) is 8.28. The van der Waals surface area contributed by atoms with Gasteiger partial charge in [-0.25, -0.2) is 4.98 Å². The van der Waals surface area contributed by atoms with Crippen molar-refractivity contribution in [2.24, 2.45) is 11.5 Å². The molecule has 5 N–H and O–H groups in total. The fraction of sp³-hybridized carbons (Fsp3) is 0.538. The van der Waals surface area contributed by atoms with E-state index in [9.17, 15) is 0 Å². The van der Waals surface area contributed by atoms with Gasteiger partial charge in [0.1, 0.15) is 6.29 Å². The number of nitrogens with two attached hydrogens (primary N) is 2. The molecule has 1 aromatic rings. The van der Waals surface area contributed by atoms with Crippen LogP contribution < -0.4 is 16.8 Å². The topological polar surface area (TPSA) is 94.0 Å². The van der Waals surface area contributed by atoms with Gasteiger partial charge in [0.25, 0.3) is 0 Å². The summed E-state index contributed by atoms with van der Waals surface area (Å²) in [6.45, 7) is 7.60. The Bertz CT molecular complexity index is 428. The van der Waals surface area contributed by atoms with Gasteiger partial charge < -0.3 is 21.6 Å². The van der Waals surface area contributed by atoms with Crippen LogP contribution in [0.1, 0.15) is 39.8 Å². The summed E-state index contributed by atoms with van der Waals surface area (Å²) < 4.78 is 0. The Morgan fingerprint density at radius 3 is 2.70 bits per heavy atom. The van der Waals surface area contributed by atoms with Crippen LogP contribution in [0.15, 0.2) is 11.1 Å². The number of anilines is 1. The van der Waals surface area contributed by atoms with Crippen molar-refractivity contribution in [2.75, 3.05) is 11.2 Å². The van der Waals surface area contributed by atoms with E-state index in [0.717, 1.165) is 34.1 Å². The minimum atomic E-state index is 0.433. The average molecular weight is 316 g/mol. The molecule has 0 saturated heterocycles. The minimum Gasteiger partial charge on any atom is -0.401 e. The van der Waals surface area contributed by atoms with Crippen LogP contribution in [-0.4, -0.2) is 23.2 Å². The van der Waals surface area contributed by atoms with Crippen molar-refractivity contribution in [1.29, 1.82) is 0 Å². The Kier molecular flexibility index (Phi) is 10.1. The van der Waals surface area contributed by atoms with Crippen molar-refractivity contribution in [3.05, 3.63) is 16.8 Å². The molecule has 0 amide bonds. The molecular formula is C13H24N4OS2. The van der Waals surface area contributed by atoms with Gasteiger partial charge in [-0.15, -0.1) is 23.1 Å². The second kappa shape index (κ2) is 10.7. The number of thioether (sulfide) groups is 1. The highest BCUT2D eigenvalue weighted by Crippen LogP contribution is 2.30. The van der Waals surface area contributed by atoms with Crippen molar-refractivity contribution in [3.8, 4) is 0 Å².